The Morgan fingerprint density at radius 3 is 0.964 bits per heavy atom. The van der Waals surface area contributed by atoms with Gasteiger partial charge < -0.3 is 9.11 Å². The molecule has 0 N–H and O–H groups in total. The first-order valence-electron chi connectivity index (χ1n) is 21.0. The first-order chi connectivity index (χ1) is 26.0. The van der Waals surface area contributed by atoms with Crippen LogP contribution in [0.25, 0.3) is 21.5 Å². The van der Waals surface area contributed by atoms with Crippen molar-refractivity contribution in [1.82, 2.24) is 0 Å². The zero-order valence-electron chi connectivity index (χ0n) is 33.9. The maximum atomic E-state index is 11.4. The molecule has 0 amide bonds. The number of unbranched alkanes of at least 4 members (excludes halogenated alkanes) is 20. The molecule has 9 heteroatoms. The molecule has 0 aliphatic rings. The molecule has 0 heterocycles. The standard InChI is InChI=1S/2C23H34O3S.Ca/c2*1-2-3-4-5-6-7-8-9-10-11-12-15-20-18-22(27(24,25)26)19-21-16-13-14-17-23(20)21;/h2*13-14,16-19H,2-12,15H2,1H3,(H,24,25,26);/q;;+2/p-2. The molecule has 0 aromatic heterocycles. The Balaban J connectivity index is 0.000000373. The minimum atomic E-state index is -4.42. The van der Waals surface area contributed by atoms with Crippen molar-refractivity contribution >= 4 is 79.5 Å². The maximum Gasteiger partial charge on any atom is 2.00 e. The molecule has 55 heavy (non-hydrogen) atoms. The van der Waals surface area contributed by atoms with Gasteiger partial charge in [0.1, 0.15) is 20.2 Å². The molecule has 4 rings (SSSR count). The molecule has 0 bridgehead atoms. The predicted molar refractivity (Wildman–Crippen MR) is 230 cm³/mol. The van der Waals surface area contributed by atoms with Crippen LogP contribution in [0.3, 0.4) is 0 Å². The van der Waals surface area contributed by atoms with E-state index in [9.17, 15) is 25.9 Å². The van der Waals surface area contributed by atoms with Gasteiger partial charge in [0.2, 0.25) is 0 Å². The van der Waals surface area contributed by atoms with Crippen molar-refractivity contribution in [3.63, 3.8) is 0 Å². The van der Waals surface area contributed by atoms with Gasteiger partial charge in [-0.2, -0.15) is 0 Å². The molecule has 300 valence electrons. The third kappa shape index (κ3) is 19.7. The molecule has 0 spiro atoms. The molecule has 0 aliphatic carbocycles. The monoisotopic (exact) mass is 818 g/mol. The second kappa shape index (κ2) is 28.0. The van der Waals surface area contributed by atoms with E-state index in [-0.39, 0.29) is 47.5 Å². The first-order valence-corrected chi connectivity index (χ1v) is 23.8. The van der Waals surface area contributed by atoms with E-state index in [1.165, 1.54) is 128 Å². The van der Waals surface area contributed by atoms with Crippen LogP contribution < -0.4 is 0 Å². The van der Waals surface area contributed by atoms with E-state index in [0.29, 0.717) is 0 Å². The van der Waals surface area contributed by atoms with Crippen molar-refractivity contribution in [2.45, 2.75) is 178 Å². The number of hydrogen-bond acceptors (Lipinski definition) is 6. The molecular formula is C46H66CaO6S2. The molecule has 4 aromatic carbocycles. The third-order valence-electron chi connectivity index (χ3n) is 10.5. The molecule has 0 radical (unpaired) electrons. The van der Waals surface area contributed by atoms with E-state index in [2.05, 4.69) is 13.8 Å². The van der Waals surface area contributed by atoms with Gasteiger partial charge in [-0.05, 0) is 82.6 Å². The number of aryl methyl sites for hydroxylation is 2. The van der Waals surface area contributed by atoms with Crippen LogP contribution in [0.2, 0.25) is 0 Å². The van der Waals surface area contributed by atoms with Gasteiger partial charge in [-0.25, -0.2) is 16.8 Å². The van der Waals surface area contributed by atoms with Crippen LogP contribution in [0.15, 0.2) is 82.6 Å². The van der Waals surface area contributed by atoms with Crippen LogP contribution >= 0.6 is 0 Å². The molecule has 0 fully saturated rings. The zero-order valence-corrected chi connectivity index (χ0v) is 37.7. The summed E-state index contributed by atoms with van der Waals surface area (Å²) in [5.74, 6) is 0. The fraction of sp³-hybridized carbons (Fsp3) is 0.565. The van der Waals surface area contributed by atoms with E-state index in [4.69, 9.17) is 0 Å². The van der Waals surface area contributed by atoms with Crippen LogP contribution in [0, 0.1) is 0 Å². The van der Waals surface area contributed by atoms with E-state index in [1.54, 1.807) is 12.1 Å². The molecule has 6 nitrogen and oxygen atoms in total. The van der Waals surface area contributed by atoms with Gasteiger partial charge >= 0.3 is 37.7 Å². The first kappa shape index (κ1) is 49.6. The average molecular weight is 819 g/mol. The smallest absolute Gasteiger partial charge is 0.744 e. The van der Waals surface area contributed by atoms with Gasteiger partial charge in [0.25, 0.3) is 0 Å². The summed E-state index contributed by atoms with van der Waals surface area (Å²) in [6, 6.07) is 21.5. The Kier molecular flexibility index (Phi) is 25.3. The SMILES string of the molecule is CCCCCCCCCCCCCc1cc(S(=O)(=O)[O-])cc2ccccc12.CCCCCCCCCCCCCc1cc(S(=O)(=O)[O-])cc2ccccc12.[Ca+2]. The second-order valence-electron chi connectivity index (χ2n) is 15.1. The summed E-state index contributed by atoms with van der Waals surface area (Å²) in [5.41, 5.74) is 1.94. The largest absolute Gasteiger partial charge is 2.00 e. The van der Waals surface area contributed by atoms with Crippen LogP contribution in [-0.2, 0) is 33.1 Å². The Morgan fingerprint density at radius 1 is 0.400 bits per heavy atom. The quantitative estimate of drug-likeness (QED) is 0.0354. The number of rotatable bonds is 26. The van der Waals surface area contributed by atoms with Gasteiger partial charge in [-0.3, -0.25) is 0 Å². The van der Waals surface area contributed by atoms with E-state index in [0.717, 1.165) is 71.2 Å². The van der Waals surface area contributed by atoms with Crippen molar-refractivity contribution in [2.75, 3.05) is 0 Å². The molecular weight excluding hydrogens is 753 g/mol. The summed E-state index contributed by atoms with van der Waals surface area (Å²) in [7, 11) is -8.84. The summed E-state index contributed by atoms with van der Waals surface area (Å²) in [5, 5.41) is 3.76. The fourth-order valence-corrected chi connectivity index (χ4v) is 8.50. The van der Waals surface area contributed by atoms with Gasteiger partial charge in [-0.1, -0.05) is 191 Å². The average Bonchev–Trinajstić information content (AvgIpc) is 3.15. The number of benzene rings is 4. The second-order valence-corrected chi connectivity index (χ2v) is 17.8. The van der Waals surface area contributed by atoms with Crippen molar-refractivity contribution < 1.29 is 25.9 Å². The third-order valence-corrected chi connectivity index (χ3v) is 12.1. The van der Waals surface area contributed by atoms with E-state index >= 15 is 0 Å². The van der Waals surface area contributed by atoms with Crippen LogP contribution in [0.4, 0.5) is 0 Å². The van der Waals surface area contributed by atoms with E-state index < -0.39 is 20.2 Å². The topological polar surface area (TPSA) is 114 Å². The minimum Gasteiger partial charge on any atom is -0.744 e. The molecule has 0 aliphatic heterocycles. The molecule has 4 aromatic rings. The minimum absolute atomic E-state index is 0. The van der Waals surface area contributed by atoms with Crippen molar-refractivity contribution in [1.29, 1.82) is 0 Å². The molecule has 0 atom stereocenters. The summed E-state index contributed by atoms with van der Waals surface area (Å²) in [4.78, 5) is -0.224. The van der Waals surface area contributed by atoms with Crippen LogP contribution in [-0.4, -0.2) is 63.7 Å². The van der Waals surface area contributed by atoms with Gasteiger partial charge in [0.15, 0.2) is 0 Å². The normalized spacial score (nSPS) is 11.7. The Hall–Kier alpha value is -1.52. The fourth-order valence-electron chi connectivity index (χ4n) is 7.38. The van der Waals surface area contributed by atoms with Crippen LogP contribution in [0.5, 0.6) is 0 Å². The van der Waals surface area contributed by atoms with Gasteiger partial charge in [-0.15, -0.1) is 0 Å². The zero-order chi connectivity index (χ0) is 39.1. The van der Waals surface area contributed by atoms with Crippen molar-refractivity contribution in [3.8, 4) is 0 Å². The number of hydrogen-bond donors (Lipinski definition) is 0. The summed E-state index contributed by atoms with van der Waals surface area (Å²) in [6.07, 6.45) is 29.9. The Bertz CT molecular complexity index is 1740. The Morgan fingerprint density at radius 2 is 0.673 bits per heavy atom. The van der Waals surface area contributed by atoms with Gasteiger partial charge in [0.05, 0.1) is 9.79 Å². The Labute approximate surface area is 364 Å². The predicted octanol–water partition coefficient (Wildman–Crippen LogP) is 12.8. The maximum absolute atomic E-state index is 11.4. The molecule has 0 saturated heterocycles. The van der Waals surface area contributed by atoms with E-state index in [1.807, 2.05) is 48.5 Å². The number of fused-ring (bicyclic) bond motifs is 2. The summed E-state index contributed by atoms with van der Waals surface area (Å²) in [6.45, 7) is 4.50. The van der Waals surface area contributed by atoms with Crippen molar-refractivity contribution in [3.05, 3.63) is 83.9 Å². The van der Waals surface area contributed by atoms with Crippen molar-refractivity contribution in [2.24, 2.45) is 0 Å². The summed E-state index contributed by atoms with van der Waals surface area (Å²) >= 11 is 0. The molecule has 0 saturated carbocycles. The van der Waals surface area contributed by atoms with Gasteiger partial charge in [0, 0.05) is 0 Å². The molecule has 0 unspecified atom stereocenters. The summed E-state index contributed by atoms with van der Waals surface area (Å²) < 4.78 is 68.6. The van der Waals surface area contributed by atoms with Crippen LogP contribution in [0.1, 0.15) is 166 Å².